The van der Waals surface area contributed by atoms with E-state index in [1.54, 1.807) is 72.4 Å². The van der Waals surface area contributed by atoms with E-state index in [1.807, 2.05) is 85.4 Å². The monoisotopic (exact) mass is 1460 g/mol. The smallest absolute Gasteiger partial charge is 0.489 e. The molecule has 1 unspecified atom stereocenters. The fourth-order valence-corrected chi connectivity index (χ4v) is 13.6. The number of ether oxygens (including phenoxy) is 6. The highest BCUT2D eigenvalue weighted by molar-refractivity contribution is 9.10. The molecule has 550 valence electrons. The number of nitrogens with zero attached hydrogens (tertiary/aromatic N) is 3. The Morgan fingerprint density at radius 3 is 1.60 bits per heavy atom. The summed E-state index contributed by atoms with van der Waals surface area (Å²) >= 11 is 3.65. The zero-order valence-electron chi connectivity index (χ0n) is 60.3. The van der Waals surface area contributed by atoms with Crippen molar-refractivity contribution in [3.05, 3.63) is 170 Å². The molecule has 6 aromatic carbocycles. The van der Waals surface area contributed by atoms with Gasteiger partial charge < -0.3 is 74.0 Å². The minimum absolute atomic E-state index is 0. The number of aromatic nitrogens is 2. The Hall–Kier alpha value is -7.94. The van der Waals surface area contributed by atoms with Crippen LogP contribution in [0.3, 0.4) is 0 Å². The van der Waals surface area contributed by atoms with E-state index in [4.69, 9.17) is 48.7 Å². The van der Waals surface area contributed by atoms with Crippen LogP contribution in [0.4, 0.5) is 0 Å². The van der Waals surface area contributed by atoms with Gasteiger partial charge in [0.15, 0.2) is 18.8 Å². The number of methoxy groups -OCH3 is 6. The zero-order chi connectivity index (χ0) is 73.4. The number of esters is 2. The fourth-order valence-electron chi connectivity index (χ4n) is 12.8. The molecule has 1 atom stereocenters. The van der Waals surface area contributed by atoms with Gasteiger partial charge in [0, 0.05) is 66.3 Å². The number of H-pyrrole nitrogens is 1. The van der Waals surface area contributed by atoms with E-state index in [0.717, 1.165) is 88.9 Å². The fraction of sp³-hybridized carbons (Fsp3) is 0.436. The summed E-state index contributed by atoms with van der Waals surface area (Å²) in [6, 6.07) is 37.3. The van der Waals surface area contributed by atoms with Crippen LogP contribution < -0.4 is 35.0 Å². The molecule has 2 aliphatic carbocycles. The topological polar surface area (TPSA) is 276 Å². The van der Waals surface area contributed by atoms with E-state index in [1.165, 1.54) is 101 Å². The van der Waals surface area contributed by atoms with Crippen molar-refractivity contribution in [1.29, 1.82) is 0 Å². The molecule has 0 bridgehead atoms. The highest BCUT2D eigenvalue weighted by Gasteiger charge is 2.38. The van der Waals surface area contributed by atoms with Gasteiger partial charge >= 0.3 is 19.1 Å². The molecular weight excluding hydrogens is 1350 g/mol. The molecule has 2 aliphatic heterocycles. The van der Waals surface area contributed by atoms with Gasteiger partial charge in [0.1, 0.15) is 23.0 Å². The lowest BCUT2D eigenvalue weighted by Gasteiger charge is -2.26. The molecule has 8 aromatic rings. The molecule has 2 saturated carbocycles. The highest BCUT2D eigenvalue weighted by atomic mass is 79.9. The summed E-state index contributed by atoms with van der Waals surface area (Å²) in [4.78, 5) is 52.7. The molecule has 0 radical (unpaired) electrons. The number of likely N-dealkylation sites (N-methyl/N-ethyl adjacent to an activating group) is 4. The van der Waals surface area contributed by atoms with Crippen LogP contribution in [-0.2, 0) is 9.47 Å². The predicted octanol–water partition coefficient (Wildman–Crippen LogP) is 12.5. The maximum Gasteiger partial charge on any atom is 0.489 e. The molecule has 4 heterocycles. The van der Waals surface area contributed by atoms with Crippen molar-refractivity contribution in [3.63, 3.8) is 0 Å². The average molecular weight is 1460 g/mol. The first-order chi connectivity index (χ1) is 48.2. The molecule has 1 saturated heterocycles. The Labute approximate surface area is 605 Å². The maximum absolute atomic E-state index is 12.2. The molecule has 101 heavy (non-hydrogen) atoms. The zero-order valence-corrected chi connectivity index (χ0v) is 61.9. The van der Waals surface area contributed by atoms with Crippen LogP contribution in [0.1, 0.15) is 180 Å². The molecule has 23 heteroatoms. The highest BCUT2D eigenvalue weighted by Crippen LogP contribution is 2.53. The van der Waals surface area contributed by atoms with Gasteiger partial charge in [0.25, 0.3) is 0 Å². The first kappa shape index (κ1) is 85.5. The van der Waals surface area contributed by atoms with Gasteiger partial charge in [-0.2, -0.15) is 0 Å². The van der Waals surface area contributed by atoms with E-state index in [-0.39, 0.29) is 43.1 Å². The third-order valence-electron chi connectivity index (χ3n) is 17.4. The number of carbonyl (C=O) groups is 4. The minimum Gasteiger partial charge on any atom is -0.496 e. The molecular formula is C78H108BBrN6O15. The van der Waals surface area contributed by atoms with E-state index in [0.29, 0.717) is 58.2 Å². The number of aldehydes is 2. The Morgan fingerprint density at radius 2 is 1.11 bits per heavy atom. The molecule has 0 spiro atoms. The largest absolute Gasteiger partial charge is 0.496 e. The number of aliphatic hydroxyl groups is 3. The first-order valence-electron chi connectivity index (χ1n) is 33.9. The van der Waals surface area contributed by atoms with E-state index >= 15 is 0 Å². The van der Waals surface area contributed by atoms with Crippen molar-refractivity contribution in [2.45, 2.75) is 123 Å². The quantitative estimate of drug-likeness (QED) is 0.0205. The van der Waals surface area contributed by atoms with Crippen molar-refractivity contribution >= 4 is 74.8 Å². The SMILES string of the molecule is C.CC(C)O.CCO.CNCCNC.COC(=O)c1ccc2c(C3CCCCC3)c(Br)[nH]c2c1.COC(=O)c1ccc2c(C3CCCCC3)c3n(c2c1)C(O)c1c(OC)cccc1-3.COc1cccc(B(O)O)c1C=O.COc1ccccc1C1N(C)CCN1C.COc1ccccc1C=O. The molecule has 2 aromatic heterocycles. The lowest BCUT2D eigenvalue weighted by molar-refractivity contribution is 0.0592. The predicted molar refractivity (Wildman–Crippen MR) is 407 cm³/mol. The third kappa shape index (κ3) is 23.0. The van der Waals surface area contributed by atoms with Gasteiger partial charge in [-0.15, -0.1) is 0 Å². The molecule has 3 fully saturated rings. The van der Waals surface area contributed by atoms with Crippen LogP contribution in [0.2, 0.25) is 0 Å². The van der Waals surface area contributed by atoms with Crippen LogP contribution in [-0.4, -0.2) is 186 Å². The Balaban J connectivity index is 0.000000266. The summed E-state index contributed by atoms with van der Waals surface area (Å²) in [6.07, 6.45) is 13.2. The number of para-hydroxylation sites is 2. The summed E-state index contributed by atoms with van der Waals surface area (Å²) in [5.74, 6) is 3.03. The van der Waals surface area contributed by atoms with Crippen LogP contribution in [0.5, 0.6) is 23.0 Å². The summed E-state index contributed by atoms with van der Waals surface area (Å²) in [7, 11) is 15.6. The van der Waals surface area contributed by atoms with Crippen molar-refractivity contribution in [2.75, 3.05) is 104 Å². The van der Waals surface area contributed by atoms with Gasteiger partial charge in [-0.1, -0.05) is 113 Å². The van der Waals surface area contributed by atoms with Gasteiger partial charge in [0.2, 0.25) is 0 Å². The number of aliphatic hydroxyl groups excluding tert-OH is 3. The van der Waals surface area contributed by atoms with Gasteiger partial charge in [-0.05, 0) is 174 Å². The minimum atomic E-state index is -1.66. The normalized spacial score (nSPS) is 14.7. The van der Waals surface area contributed by atoms with Crippen LogP contribution in [0.25, 0.3) is 33.1 Å². The van der Waals surface area contributed by atoms with Crippen molar-refractivity contribution in [3.8, 4) is 34.3 Å². The first-order valence-corrected chi connectivity index (χ1v) is 34.7. The van der Waals surface area contributed by atoms with E-state index < -0.39 is 13.3 Å². The summed E-state index contributed by atoms with van der Waals surface area (Å²) in [5, 5.41) is 53.1. The number of nitrogens with one attached hydrogen (secondary N) is 3. The van der Waals surface area contributed by atoms with E-state index in [2.05, 4.69) is 73.6 Å². The van der Waals surface area contributed by atoms with Crippen LogP contribution in [0, 0.1) is 0 Å². The average Bonchev–Trinajstić information content (AvgIpc) is 1.55. The third-order valence-corrected chi connectivity index (χ3v) is 18.0. The maximum atomic E-state index is 12.2. The number of halogens is 1. The number of aromatic amines is 1. The number of hydrogen-bond donors (Lipinski definition) is 8. The molecule has 4 aliphatic rings. The Bertz CT molecular complexity index is 3810. The number of fused-ring (bicyclic) bond motifs is 6. The van der Waals surface area contributed by atoms with Gasteiger partial charge in [-0.3, -0.25) is 19.4 Å². The second-order valence-electron chi connectivity index (χ2n) is 24.4. The summed E-state index contributed by atoms with van der Waals surface area (Å²) in [5.41, 5.74) is 10.7. The van der Waals surface area contributed by atoms with Crippen LogP contribution in [0.15, 0.2) is 126 Å². The number of carbonyl (C=O) groups excluding carboxylic acids is 4. The molecule has 12 rings (SSSR count). The van der Waals surface area contributed by atoms with Gasteiger partial charge in [-0.25, -0.2) is 9.59 Å². The lowest BCUT2D eigenvalue weighted by Crippen LogP contribution is -2.33. The standard InChI is InChI=1S/C24H25NO4.C16H18BrNO2.C12H18N2O.C8H9BO4.C8H8O2.C4H12N2.C3H8O.C2H6O.CH4/c1-28-19-10-6-9-17-21(19)23(26)25-18-13-15(24(27)29-2)11-12-16(18)20(22(17)25)14-7-4-3-5-8-14;1-20-16(19)11-7-8-12-13(9-11)18-15(17)14(12)10-5-3-2-4-6-10;1-13-8-9-14(2)12(13)10-6-4-5-7-11(10)15-3;1-13-8-4-2-3-7(9(11)12)6(8)5-10;1-10-8-5-3-2-4-7(8)6-9;1-5-3-4-6-2;1-3(2)4;1-2-3;/h6,9-14,23,26H,3-5,7-8H2,1-2H3;7-10,18H,2-6H2,1H3;4-7,12H,8-9H2,1-3H3;2-5,11-12H,1H3;2-6H,1H3;5-6H,3-4H2,1-2H3;3-4H,1-2H3;3H,2H2,1H3;1H4. The Morgan fingerprint density at radius 1 is 0.634 bits per heavy atom. The molecule has 0 amide bonds. The van der Waals surface area contributed by atoms with Crippen molar-refractivity contribution in [2.24, 2.45) is 0 Å². The van der Waals surface area contributed by atoms with Gasteiger partial charge in [0.05, 0.1) is 92.5 Å². The second-order valence-corrected chi connectivity index (χ2v) is 25.2. The summed E-state index contributed by atoms with van der Waals surface area (Å²) in [6.45, 7) is 9.70. The van der Waals surface area contributed by atoms with Crippen molar-refractivity contribution in [1.82, 2.24) is 30.0 Å². The number of rotatable bonds is 15. The molecule has 8 N–H and O–H groups in total. The lowest BCUT2D eigenvalue weighted by atomic mass is 9.77. The van der Waals surface area contributed by atoms with Crippen LogP contribution >= 0.6 is 15.9 Å². The summed E-state index contributed by atoms with van der Waals surface area (Å²) < 4.78 is 33.5. The number of hydrogen-bond acceptors (Lipinski definition) is 19. The van der Waals surface area contributed by atoms with E-state index in [9.17, 15) is 24.3 Å². The Kier molecular flexibility index (Phi) is 37.6. The second kappa shape index (κ2) is 44.4. The van der Waals surface area contributed by atoms with Crippen molar-refractivity contribution < 1.29 is 73.0 Å². The number of benzene rings is 6. The molecule has 21 nitrogen and oxygen atoms in total.